The Labute approximate surface area is 97.3 Å². The van der Waals surface area contributed by atoms with Crippen LogP contribution in [0.2, 0.25) is 0 Å². The van der Waals surface area contributed by atoms with E-state index in [1.165, 1.54) is 2.88 Å². The number of halogens is 1. The highest BCUT2D eigenvalue weighted by Crippen LogP contribution is 2.29. The van der Waals surface area contributed by atoms with Crippen molar-refractivity contribution in [3.63, 3.8) is 0 Å². The molecular formula is C10H15IOS. The van der Waals surface area contributed by atoms with E-state index in [1.807, 2.05) is 0 Å². The Balaban J connectivity index is 2.61. The Bertz CT molecular complexity index is 259. The molecule has 1 aromatic rings. The molecule has 2 unspecified atom stereocenters. The fourth-order valence-electron chi connectivity index (χ4n) is 1.42. The second kappa shape index (κ2) is 5.32. The van der Waals surface area contributed by atoms with Crippen LogP contribution in [-0.2, 0) is 0 Å². The van der Waals surface area contributed by atoms with Gasteiger partial charge in [0.15, 0.2) is 0 Å². The summed E-state index contributed by atoms with van der Waals surface area (Å²) in [7, 11) is 0. The predicted molar refractivity (Wildman–Crippen MR) is 66.1 cm³/mol. The van der Waals surface area contributed by atoms with Crippen molar-refractivity contribution in [3.8, 4) is 0 Å². The van der Waals surface area contributed by atoms with Gasteiger partial charge in [0.1, 0.15) is 0 Å². The van der Waals surface area contributed by atoms with Crippen molar-refractivity contribution in [2.45, 2.75) is 32.8 Å². The van der Waals surface area contributed by atoms with Crippen molar-refractivity contribution >= 4 is 33.9 Å². The lowest BCUT2D eigenvalue weighted by molar-refractivity contribution is 0.113. The number of rotatable bonds is 4. The molecular weight excluding hydrogens is 295 g/mol. The van der Waals surface area contributed by atoms with Gasteiger partial charge >= 0.3 is 0 Å². The molecule has 13 heavy (non-hydrogen) atoms. The third-order valence-corrected chi connectivity index (χ3v) is 4.02. The van der Waals surface area contributed by atoms with Gasteiger partial charge in [-0.1, -0.05) is 20.3 Å². The smallest absolute Gasteiger partial charge is 0.0823 e. The van der Waals surface area contributed by atoms with Crippen LogP contribution >= 0.6 is 33.9 Å². The van der Waals surface area contributed by atoms with Gasteiger partial charge in [-0.15, -0.1) is 11.3 Å². The monoisotopic (exact) mass is 310 g/mol. The van der Waals surface area contributed by atoms with E-state index >= 15 is 0 Å². The minimum Gasteiger partial charge on any atom is -0.388 e. The molecule has 1 nitrogen and oxygen atoms in total. The molecule has 74 valence electrons. The first-order valence-corrected chi connectivity index (χ1v) is 6.53. The van der Waals surface area contributed by atoms with Gasteiger partial charge in [0, 0.05) is 0 Å². The van der Waals surface area contributed by atoms with Crippen molar-refractivity contribution in [1.82, 2.24) is 0 Å². The molecule has 0 amide bonds. The largest absolute Gasteiger partial charge is 0.388 e. The Kier molecular flexibility index (Phi) is 4.69. The lowest BCUT2D eigenvalue weighted by Gasteiger charge is -2.16. The molecule has 0 radical (unpaired) electrons. The van der Waals surface area contributed by atoms with Crippen LogP contribution in [0.4, 0.5) is 0 Å². The molecule has 1 rings (SSSR count). The first kappa shape index (κ1) is 11.5. The summed E-state index contributed by atoms with van der Waals surface area (Å²) in [5, 5.41) is 12.0. The van der Waals surface area contributed by atoms with Crippen LogP contribution in [0.3, 0.4) is 0 Å². The second-order valence-corrected chi connectivity index (χ2v) is 6.20. The fourth-order valence-corrected chi connectivity index (χ4v) is 2.82. The number of hydrogen-bond acceptors (Lipinski definition) is 2. The van der Waals surface area contributed by atoms with E-state index in [0.29, 0.717) is 5.92 Å². The molecule has 0 aliphatic rings. The van der Waals surface area contributed by atoms with Crippen LogP contribution in [-0.4, -0.2) is 5.11 Å². The van der Waals surface area contributed by atoms with Crippen molar-refractivity contribution in [2.24, 2.45) is 5.92 Å². The average molecular weight is 310 g/mol. The molecule has 0 aromatic carbocycles. The van der Waals surface area contributed by atoms with Crippen molar-refractivity contribution in [2.75, 3.05) is 0 Å². The maximum atomic E-state index is 9.94. The number of aliphatic hydroxyl groups excluding tert-OH is 1. The molecule has 0 spiro atoms. The SMILES string of the molecule is CCCC(C)C(O)c1csc(I)c1. The summed E-state index contributed by atoms with van der Waals surface area (Å²) in [6, 6.07) is 2.07. The quantitative estimate of drug-likeness (QED) is 0.838. The van der Waals surface area contributed by atoms with Gasteiger partial charge in [0.2, 0.25) is 0 Å². The fraction of sp³-hybridized carbons (Fsp3) is 0.600. The Morgan fingerprint density at radius 1 is 1.62 bits per heavy atom. The van der Waals surface area contributed by atoms with Gasteiger partial charge in [-0.25, -0.2) is 0 Å². The lowest BCUT2D eigenvalue weighted by atomic mass is 9.95. The van der Waals surface area contributed by atoms with Crippen LogP contribution in [0, 0.1) is 8.80 Å². The summed E-state index contributed by atoms with van der Waals surface area (Å²) < 4.78 is 1.25. The minimum atomic E-state index is -0.278. The van der Waals surface area contributed by atoms with E-state index in [1.54, 1.807) is 11.3 Å². The van der Waals surface area contributed by atoms with E-state index in [0.717, 1.165) is 18.4 Å². The molecule has 0 saturated carbocycles. The standard InChI is InChI=1S/C10H15IOS/c1-3-4-7(2)10(12)8-5-9(11)13-6-8/h5-7,10,12H,3-4H2,1-2H3. The van der Waals surface area contributed by atoms with Gasteiger partial charge in [-0.3, -0.25) is 0 Å². The van der Waals surface area contributed by atoms with Crippen molar-refractivity contribution in [1.29, 1.82) is 0 Å². The van der Waals surface area contributed by atoms with E-state index in [4.69, 9.17) is 0 Å². The van der Waals surface area contributed by atoms with Gasteiger partial charge in [-0.05, 0) is 51.9 Å². The topological polar surface area (TPSA) is 20.2 Å². The average Bonchev–Trinajstić information content (AvgIpc) is 2.51. The van der Waals surface area contributed by atoms with Crippen LogP contribution in [0.25, 0.3) is 0 Å². The second-order valence-electron chi connectivity index (χ2n) is 3.39. The molecule has 0 fully saturated rings. The lowest BCUT2D eigenvalue weighted by Crippen LogP contribution is -2.07. The zero-order chi connectivity index (χ0) is 9.84. The summed E-state index contributed by atoms with van der Waals surface area (Å²) in [5.41, 5.74) is 1.08. The van der Waals surface area contributed by atoms with Crippen LogP contribution < -0.4 is 0 Å². The zero-order valence-electron chi connectivity index (χ0n) is 7.96. The molecule has 0 aliphatic heterocycles. The number of hydrogen-bond donors (Lipinski definition) is 1. The molecule has 1 heterocycles. The molecule has 0 saturated heterocycles. The van der Waals surface area contributed by atoms with Crippen molar-refractivity contribution in [3.05, 3.63) is 19.9 Å². The molecule has 2 atom stereocenters. The van der Waals surface area contributed by atoms with Gasteiger partial charge in [-0.2, -0.15) is 0 Å². The highest BCUT2D eigenvalue weighted by Gasteiger charge is 2.16. The summed E-state index contributed by atoms with van der Waals surface area (Å²) in [6.07, 6.45) is 1.95. The highest BCUT2D eigenvalue weighted by molar-refractivity contribution is 14.1. The molecule has 0 bridgehead atoms. The summed E-state index contributed by atoms with van der Waals surface area (Å²) in [4.78, 5) is 0. The first-order chi connectivity index (χ1) is 6.15. The molecule has 1 N–H and O–H groups in total. The molecule has 3 heteroatoms. The third kappa shape index (κ3) is 3.22. The van der Waals surface area contributed by atoms with E-state index < -0.39 is 0 Å². The van der Waals surface area contributed by atoms with Crippen LogP contribution in [0.1, 0.15) is 38.4 Å². The normalized spacial score (nSPS) is 15.7. The maximum absolute atomic E-state index is 9.94. The Morgan fingerprint density at radius 3 is 2.77 bits per heavy atom. The summed E-state index contributed by atoms with van der Waals surface area (Å²) in [5.74, 6) is 0.371. The minimum absolute atomic E-state index is 0.278. The zero-order valence-corrected chi connectivity index (χ0v) is 10.9. The molecule has 1 aromatic heterocycles. The van der Waals surface area contributed by atoms with Crippen molar-refractivity contribution < 1.29 is 5.11 Å². The Morgan fingerprint density at radius 2 is 2.31 bits per heavy atom. The van der Waals surface area contributed by atoms with Crippen LogP contribution in [0.5, 0.6) is 0 Å². The molecule has 0 aliphatic carbocycles. The first-order valence-electron chi connectivity index (χ1n) is 4.57. The number of thiophene rings is 1. The third-order valence-electron chi connectivity index (χ3n) is 2.21. The Hall–Kier alpha value is 0.390. The van der Waals surface area contributed by atoms with Gasteiger partial charge in [0.05, 0.1) is 8.99 Å². The van der Waals surface area contributed by atoms with E-state index in [9.17, 15) is 5.11 Å². The van der Waals surface area contributed by atoms with Gasteiger partial charge in [0.25, 0.3) is 0 Å². The summed E-state index contributed by atoms with van der Waals surface area (Å²) >= 11 is 3.98. The van der Waals surface area contributed by atoms with E-state index in [2.05, 4.69) is 47.9 Å². The van der Waals surface area contributed by atoms with Crippen LogP contribution in [0.15, 0.2) is 11.4 Å². The van der Waals surface area contributed by atoms with E-state index in [-0.39, 0.29) is 6.10 Å². The highest BCUT2D eigenvalue weighted by atomic mass is 127. The summed E-state index contributed by atoms with van der Waals surface area (Å²) in [6.45, 7) is 4.26. The number of aliphatic hydroxyl groups is 1. The van der Waals surface area contributed by atoms with Gasteiger partial charge < -0.3 is 5.11 Å². The predicted octanol–water partition coefficient (Wildman–Crippen LogP) is 3.82. The maximum Gasteiger partial charge on any atom is 0.0823 e.